The highest BCUT2D eigenvalue weighted by Gasteiger charge is 2.27. The first-order valence-electron chi connectivity index (χ1n) is 5.86. The number of carboxylic acid groups (broad SMARTS) is 1. The van der Waals surface area contributed by atoms with E-state index in [1.54, 1.807) is 0 Å². The smallest absolute Gasteiger partial charge is 0.334 e. The molecule has 98 valence electrons. The molecule has 1 aromatic rings. The molecule has 7 heteroatoms. The lowest BCUT2D eigenvalue weighted by Gasteiger charge is -2.31. The van der Waals surface area contributed by atoms with E-state index >= 15 is 0 Å². The molecule has 7 nitrogen and oxygen atoms in total. The van der Waals surface area contributed by atoms with Crippen molar-refractivity contribution in [1.82, 2.24) is 9.97 Å². The lowest BCUT2D eigenvalue weighted by atomic mass is 10.2. The van der Waals surface area contributed by atoms with E-state index in [0.717, 1.165) is 18.2 Å². The molecule has 2 rings (SSSR count). The van der Waals surface area contributed by atoms with Crippen molar-refractivity contribution in [1.29, 1.82) is 0 Å². The average Bonchev–Trinajstić information content (AvgIpc) is 2.39. The SMILES string of the molecule is CCNc1cc(N2CCOC(C(=O)O)C2)ncn1. The third-order valence-corrected chi connectivity index (χ3v) is 2.68. The number of hydrogen-bond acceptors (Lipinski definition) is 6. The van der Waals surface area contributed by atoms with Crippen molar-refractivity contribution in [3.05, 3.63) is 12.4 Å². The molecule has 0 saturated carbocycles. The number of rotatable bonds is 4. The zero-order chi connectivity index (χ0) is 13.0. The van der Waals surface area contributed by atoms with E-state index in [0.29, 0.717) is 19.7 Å². The minimum Gasteiger partial charge on any atom is -0.479 e. The van der Waals surface area contributed by atoms with Crippen molar-refractivity contribution in [2.24, 2.45) is 0 Å². The van der Waals surface area contributed by atoms with E-state index in [1.807, 2.05) is 17.9 Å². The zero-order valence-corrected chi connectivity index (χ0v) is 10.2. The standard InChI is InChI=1S/C11H16N4O3/c1-2-12-9-5-10(14-7-13-9)15-3-4-18-8(6-15)11(16)17/h5,7-8H,2-4,6H2,1H3,(H,16,17)(H,12,13,14). The van der Waals surface area contributed by atoms with Gasteiger partial charge in [-0.05, 0) is 6.92 Å². The molecular weight excluding hydrogens is 236 g/mol. The Bertz CT molecular complexity index is 427. The highest BCUT2D eigenvalue weighted by molar-refractivity contribution is 5.73. The lowest BCUT2D eigenvalue weighted by Crippen LogP contribution is -2.46. The van der Waals surface area contributed by atoms with Crippen LogP contribution >= 0.6 is 0 Å². The summed E-state index contributed by atoms with van der Waals surface area (Å²) in [5, 5.41) is 12.0. The average molecular weight is 252 g/mol. The number of nitrogens with zero attached hydrogens (tertiary/aromatic N) is 3. The molecule has 1 saturated heterocycles. The van der Waals surface area contributed by atoms with Crippen LogP contribution in [0.5, 0.6) is 0 Å². The summed E-state index contributed by atoms with van der Waals surface area (Å²) in [6.45, 7) is 4.08. The second kappa shape index (κ2) is 5.63. The van der Waals surface area contributed by atoms with Gasteiger partial charge in [-0.15, -0.1) is 0 Å². The molecule has 0 aliphatic carbocycles. The van der Waals surface area contributed by atoms with Gasteiger partial charge in [-0.3, -0.25) is 0 Å². The summed E-state index contributed by atoms with van der Waals surface area (Å²) >= 11 is 0. The van der Waals surface area contributed by atoms with Gasteiger partial charge in [-0.1, -0.05) is 0 Å². The Morgan fingerprint density at radius 3 is 3.22 bits per heavy atom. The first-order valence-corrected chi connectivity index (χ1v) is 5.86. The highest BCUT2D eigenvalue weighted by Crippen LogP contribution is 2.17. The third-order valence-electron chi connectivity index (χ3n) is 2.68. The Balaban J connectivity index is 2.10. The van der Waals surface area contributed by atoms with Crippen LogP contribution in [0.3, 0.4) is 0 Å². The topological polar surface area (TPSA) is 87.6 Å². The van der Waals surface area contributed by atoms with Crippen LogP contribution in [0.1, 0.15) is 6.92 Å². The van der Waals surface area contributed by atoms with Gasteiger partial charge >= 0.3 is 5.97 Å². The normalized spacial score (nSPS) is 19.6. The Kier molecular flexibility index (Phi) is 3.93. The fourth-order valence-electron chi connectivity index (χ4n) is 1.80. The van der Waals surface area contributed by atoms with Crippen molar-refractivity contribution < 1.29 is 14.6 Å². The van der Waals surface area contributed by atoms with Gasteiger partial charge in [0.05, 0.1) is 13.2 Å². The number of carboxylic acids is 1. The predicted molar refractivity (Wildman–Crippen MR) is 65.8 cm³/mol. The first-order chi connectivity index (χ1) is 8.70. The molecule has 2 heterocycles. The van der Waals surface area contributed by atoms with Crippen molar-refractivity contribution in [2.45, 2.75) is 13.0 Å². The van der Waals surface area contributed by atoms with Crippen LogP contribution in [-0.2, 0) is 9.53 Å². The Morgan fingerprint density at radius 1 is 1.67 bits per heavy atom. The van der Waals surface area contributed by atoms with Crippen molar-refractivity contribution in [3.8, 4) is 0 Å². The van der Waals surface area contributed by atoms with Crippen molar-refractivity contribution in [3.63, 3.8) is 0 Å². The summed E-state index contributed by atoms with van der Waals surface area (Å²) in [7, 11) is 0. The van der Waals surface area contributed by atoms with Crippen LogP contribution in [0.4, 0.5) is 11.6 Å². The maximum atomic E-state index is 10.9. The second-order valence-electron chi connectivity index (χ2n) is 3.94. The quantitative estimate of drug-likeness (QED) is 0.791. The number of aliphatic carboxylic acids is 1. The molecule has 1 aromatic heterocycles. The molecule has 18 heavy (non-hydrogen) atoms. The van der Waals surface area contributed by atoms with E-state index in [4.69, 9.17) is 9.84 Å². The molecule has 0 radical (unpaired) electrons. The summed E-state index contributed by atoms with van der Waals surface area (Å²) in [6, 6.07) is 1.81. The molecule has 1 fully saturated rings. The van der Waals surface area contributed by atoms with Gasteiger partial charge in [-0.2, -0.15) is 0 Å². The first kappa shape index (κ1) is 12.6. The van der Waals surface area contributed by atoms with Gasteiger partial charge in [0.25, 0.3) is 0 Å². The maximum absolute atomic E-state index is 10.9. The fraction of sp³-hybridized carbons (Fsp3) is 0.545. The molecule has 0 amide bonds. The highest BCUT2D eigenvalue weighted by atomic mass is 16.5. The van der Waals surface area contributed by atoms with E-state index in [-0.39, 0.29) is 0 Å². The Labute approximate surface area is 105 Å². The number of ether oxygens (including phenoxy) is 1. The number of nitrogens with one attached hydrogen (secondary N) is 1. The minimum atomic E-state index is -0.944. The second-order valence-corrected chi connectivity index (χ2v) is 3.94. The van der Waals surface area contributed by atoms with Crippen molar-refractivity contribution in [2.75, 3.05) is 36.5 Å². The van der Waals surface area contributed by atoms with E-state index in [9.17, 15) is 4.79 Å². The minimum absolute atomic E-state index is 0.303. The van der Waals surface area contributed by atoms with Gasteiger partial charge in [0.1, 0.15) is 18.0 Å². The van der Waals surface area contributed by atoms with E-state index in [1.165, 1.54) is 6.33 Å². The van der Waals surface area contributed by atoms with Crippen molar-refractivity contribution >= 4 is 17.6 Å². The largest absolute Gasteiger partial charge is 0.479 e. The van der Waals surface area contributed by atoms with Crippen LogP contribution < -0.4 is 10.2 Å². The number of morpholine rings is 1. The number of anilines is 2. The Hall–Kier alpha value is -1.89. The maximum Gasteiger partial charge on any atom is 0.334 e. The lowest BCUT2D eigenvalue weighted by molar-refractivity contribution is -0.150. The summed E-state index contributed by atoms with van der Waals surface area (Å²) in [5.41, 5.74) is 0. The number of aromatic nitrogens is 2. The zero-order valence-electron chi connectivity index (χ0n) is 10.2. The van der Waals surface area contributed by atoms with Gasteiger partial charge in [-0.25, -0.2) is 14.8 Å². The van der Waals surface area contributed by atoms with Gasteiger partial charge in [0, 0.05) is 19.2 Å². The summed E-state index contributed by atoms with van der Waals surface area (Å²) in [4.78, 5) is 21.0. The molecule has 0 aromatic carbocycles. The van der Waals surface area contributed by atoms with E-state index in [2.05, 4.69) is 15.3 Å². The monoisotopic (exact) mass is 252 g/mol. The van der Waals surface area contributed by atoms with Gasteiger partial charge in [0.2, 0.25) is 0 Å². The van der Waals surface area contributed by atoms with Gasteiger partial charge in [0.15, 0.2) is 6.10 Å². The molecule has 1 aliphatic rings. The fourth-order valence-corrected chi connectivity index (χ4v) is 1.80. The van der Waals surface area contributed by atoms with Crippen LogP contribution in [0.15, 0.2) is 12.4 Å². The van der Waals surface area contributed by atoms with Crippen LogP contribution in [0.2, 0.25) is 0 Å². The van der Waals surface area contributed by atoms with Crippen LogP contribution in [0.25, 0.3) is 0 Å². The summed E-state index contributed by atoms with van der Waals surface area (Å²) in [5.74, 6) is 0.511. The Morgan fingerprint density at radius 2 is 2.50 bits per heavy atom. The predicted octanol–water partition coefficient (Wildman–Crippen LogP) is 0.198. The molecule has 1 unspecified atom stereocenters. The van der Waals surface area contributed by atoms with E-state index < -0.39 is 12.1 Å². The molecule has 1 aliphatic heterocycles. The summed E-state index contributed by atoms with van der Waals surface area (Å²) in [6.07, 6.45) is 0.676. The molecule has 0 spiro atoms. The number of carbonyl (C=O) groups is 1. The van der Waals surface area contributed by atoms with Crippen LogP contribution in [0, 0.1) is 0 Å². The molecule has 2 N–H and O–H groups in total. The number of hydrogen-bond donors (Lipinski definition) is 2. The molecule has 0 bridgehead atoms. The molecular formula is C11H16N4O3. The summed E-state index contributed by atoms with van der Waals surface area (Å²) < 4.78 is 5.17. The molecule has 1 atom stereocenters. The third kappa shape index (κ3) is 2.86. The van der Waals surface area contributed by atoms with Crippen LogP contribution in [-0.4, -0.2) is 53.4 Å². The van der Waals surface area contributed by atoms with Gasteiger partial charge < -0.3 is 20.1 Å².